The number of rotatable bonds is 8. The van der Waals surface area contributed by atoms with Gasteiger partial charge in [-0.3, -0.25) is 4.79 Å². The van der Waals surface area contributed by atoms with Crippen molar-refractivity contribution in [2.45, 2.75) is 20.6 Å². The van der Waals surface area contributed by atoms with Crippen molar-refractivity contribution in [1.29, 1.82) is 0 Å². The summed E-state index contributed by atoms with van der Waals surface area (Å²) in [7, 11) is 0. The molecule has 1 amide bonds. The van der Waals surface area contributed by atoms with E-state index in [9.17, 15) is 9.59 Å². The molecule has 1 N–H and O–H groups in total. The first-order chi connectivity index (χ1) is 16.1. The van der Waals surface area contributed by atoms with E-state index in [1.54, 1.807) is 19.2 Å². The van der Waals surface area contributed by atoms with Crippen LogP contribution < -0.4 is 10.1 Å². The first-order valence-electron chi connectivity index (χ1n) is 10.4. The van der Waals surface area contributed by atoms with E-state index in [-0.39, 0.29) is 30.4 Å². The summed E-state index contributed by atoms with van der Waals surface area (Å²) >= 11 is 0. The third-order valence-electron chi connectivity index (χ3n) is 4.82. The maximum Gasteiger partial charge on any atom is 0.343 e. The monoisotopic (exact) mass is 445 g/mol. The zero-order valence-electron chi connectivity index (χ0n) is 18.3. The van der Waals surface area contributed by atoms with Gasteiger partial charge in [-0.25, -0.2) is 14.2 Å². The van der Waals surface area contributed by atoms with Crippen molar-refractivity contribution >= 4 is 17.7 Å². The number of anilines is 1. The van der Waals surface area contributed by atoms with Crippen molar-refractivity contribution in [2.24, 2.45) is 0 Å². The predicted molar refractivity (Wildman–Crippen MR) is 122 cm³/mol. The summed E-state index contributed by atoms with van der Waals surface area (Å²) in [6.45, 7) is 4.01. The van der Waals surface area contributed by atoms with Crippen LogP contribution in [0.1, 0.15) is 33.3 Å². The Morgan fingerprint density at radius 3 is 2.55 bits per heavy atom. The smallest absolute Gasteiger partial charge is 0.343 e. The van der Waals surface area contributed by atoms with Gasteiger partial charge in [0.25, 0.3) is 5.91 Å². The number of nitrogens with zero attached hydrogens (tertiary/aromatic N) is 4. The van der Waals surface area contributed by atoms with Crippen LogP contribution in [-0.4, -0.2) is 38.0 Å². The topological polar surface area (TPSA) is 100 Å². The van der Waals surface area contributed by atoms with Crippen LogP contribution in [0.2, 0.25) is 0 Å². The quantitative estimate of drug-likeness (QED) is 0.414. The van der Waals surface area contributed by atoms with Crippen LogP contribution in [-0.2, 0) is 11.5 Å². The summed E-state index contributed by atoms with van der Waals surface area (Å²) in [5, 5.41) is 11.3. The molecule has 2 heterocycles. The van der Waals surface area contributed by atoms with Crippen LogP contribution in [0.3, 0.4) is 0 Å². The van der Waals surface area contributed by atoms with Gasteiger partial charge < -0.3 is 14.8 Å². The Bertz CT molecular complexity index is 1260. The van der Waals surface area contributed by atoms with E-state index in [0.717, 1.165) is 11.3 Å². The van der Waals surface area contributed by atoms with Crippen molar-refractivity contribution in [3.63, 3.8) is 0 Å². The lowest BCUT2D eigenvalue weighted by Gasteiger charge is -2.10. The Hall–Kier alpha value is -4.40. The van der Waals surface area contributed by atoms with Crippen molar-refractivity contribution in [2.75, 3.05) is 11.9 Å². The van der Waals surface area contributed by atoms with E-state index in [2.05, 4.69) is 15.5 Å². The molecule has 0 unspecified atom stereocenters. The predicted octanol–water partition coefficient (Wildman–Crippen LogP) is 3.84. The summed E-state index contributed by atoms with van der Waals surface area (Å²) in [5.41, 5.74) is 2.00. The lowest BCUT2D eigenvalue weighted by Crippen LogP contribution is -2.19. The van der Waals surface area contributed by atoms with Gasteiger partial charge in [-0.1, -0.05) is 36.4 Å². The van der Waals surface area contributed by atoms with Crippen molar-refractivity contribution < 1.29 is 19.1 Å². The number of carbonyl (C=O) groups excluding carboxylic acids is 2. The average molecular weight is 445 g/mol. The van der Waals surface area contributed by atoms with Gasteiger partial charge in [-0.15, -0.1) is 0 Å². The number of benzene rings is 2. The molecule has 4 rings (SSSR count). The fraction of sp³-hybridized carbons (Fsp3) is 0.167. The number of esters is 1. The molecule has 0 fully saturated rings. The van der Waals surface area contributed by atoms with Crippen molar-refractivity contribution in [1.82, 2.24) is 19.6 Å². The van der Waals surface area contributed by atoms with Gasteiger partial charge in [0.1, 0.15) is 11.3 Å². The highest BCUT2D eigenvalue weighted by molar-refractivity contribution is 6.06. The van der Waals surface area contributed by atoms with Gasteiger partial charge in [-0.05, 0) is 43.7 Å². The summed E-state index contributed by atoms with van der Waals surface area (Å²) in [6, 6.07) is 18.4. The van der Waals surface area contributed by atoms with Crippen molar-refractivity contribution in [3.8, 4) is 11.4 Å². The molecule has 0 spiro atoms. The molecule has 0 aliphatic heterocycles. The van der Waals surface area contributed by atoms with Crippen LogP contribution in [0.25, 0.3) is 5.69 Å². The number of aromatic nitrogens is 4. The van der Waals surface area contributed by atoms with Gasteiger partial charge in [0.15, 0.2) is 18.2 Å². The van der Waals surface area contributed by atoms with E-state index in [1.807, 2.05) is 61.5 Å². The Kier molecular flexibility index (Phi) is 6.49. The van der Waals surface area contributed by atoms with Gasteiger partial charge in [0.2, 0.25) is 0 Å². The van der Waals surface area contributed by atoms with E-state index < -0.39 is 11.9 Å². The van der Waals surface area contributed by atoms with Crippen molar-refractivity contribution in [3.05, 3.63) is 89.9 Å². The van der Waals surface area contributed by atoms with Crippen LogP contribution in [0, 0.1) is 6.92 Å². The van der Waals surface area contributed by atoms with Crippen LogP contribution in [0.15, 0.2) is 73.1 Å². The summed E-state index contributed by atoms with van der Waals surface area (Å²) < 4.78 is 13.9. The van der Waals surface area contributed by atoms with E-state index in [1.165, 1.54) is 15.6 Å². The normalized spacial score (nSPS) is 10.6. The maximum absolute atomic E-state index is 12.9. The second-order valence-corrected chi connectivity index (χ2v) is 7.11. The highest BCUT2D eigenvalue weighted by Gasteiger charge is 2.23. The standard InChI is InChI=1S/C24H23N5O4/c1-3-32-24(31)19-15-25-29(18-10-5-4-6-11-18)22(19)26-23(30)20-13-14-28(27-20)16-33-21-12-8-7-9-17(21)2/h4-15H,3,16H2,1-2H3,(H,26,30). The molecule has 4 aromatic rings. The molecule has 9 nitrogen and oxygen atoms in total. The molecular formula is C24H23N5O4. The SMILES string of the molecule is CCOC(=O)c1cnn(-c2ccccc2)c1NC(=O)c1ccn(COc2ccccc2C)n1. The Morgan fingerprint density at radius 1 is 1.03 bits per heavy atom. The average Bonchev–Trinajstić information content (AvgIpc) is 3.47. The molecular weight excluding hydrogens is 422 g/mol. The number of para-hydroxylation sites is 2. The molecule has 0 bridgehead atoms. The molecule has 0 saturated heterocycles. The third kappa shape index (κ3) is 4.93. The molecule has 0 aliphatic carbocycles. The molecule has 0 radical (unpaired) electrons. The van der Waals surface area contributed by atoms with Crippen LogP contribution in [0.4, 0.5) is 5.82 Å². The molecule has 2 aromatic carbocycles. The zero-order chi connectivity index (χ0) is 23.2. The molecule has 0 atom stereocenters. The number of ether oxygens (including phenoxy) is 2. The second kappa shape index (κ2) is 9.82. The van der Waals surface area contributed by atoms with E-state index >= 15 is 0 Å². The number of hydrogen-bond donors (Lipinski definition) is 1. The maximum atomic E-state index is 12.9. The first kappa shape index (κ1) is 21.8. The lowest BCUT2D eigenvalue weighted by molar-refractivity contribution is 0.0527. The minimum absolute atomic E-state index is 0.147. The number of hydrogen-bond acceptors (Lipinski definition) is 6. The highest BCUT2D eigenvalue weighted by atomic mass is 16.5. The third-order valence-corrected chi connectivity index (χ3v) is 4.82. The molecule has 2 aromatic heterocycles. The van der Waals surface area contributed by atoms with Gasteiger partial charge in [0, 0.05) is 6.20 Å². The largest absolute Gasteiger partial charge is 0.471 e. The number of nitrogens with one attached hydrogen (secondary N) is 1. The zero-order valence-corrected chi connectivity index (χ0v) is 18.3. The first-order valence-corrected chi connectivity index (χ1v) is 10.4. The molecule has 0 aliphatic rings. The Labute approximate surface area is 190 Å². The Balaban J connectivity index is 1.54. The summed E-state index contributed by atoms with van der Waals surface area (Å²) in [5.74, 6) is -0.125. The van der Waals surface area contributed by atoms with E-state index in [4.69, 9.17) is 9.47 Å². The highest BCUT2D eigenvalue weighted by Crippen LogP contribution is 2.22. The lowest BCUT2D eigenvalue weighted by atomic mass is 10.2. The number of aryl methyl sites for hydroxylation is 1. The minimum atomic E-state index is -0.577. The molecule has 9 heteroatoms. The minimum Gasteiger partial charge on any atom is -0.471 e. The van der Waals surface area contributed by atoms with E-state index in [0.29, 0.717) is 5.69 Å². The van der Waals surface area contributed by atoms with Gasteiger partial charge in [0.05, 0.1) is 18.5 Å². The fourth-order valence-electron chi connectivity index (χ4n) is 3.17. The van der Waals surface area contributed by atoms with Gasteiger partial charge >= 0.3 is 5.97 Å². The number of carbonyl (C=O) groups is 2. The molecule has 33 heavy (non-hydrogen) atoms. The second-order valence-electron chi connectivity index (χ2n) is 7.11. The molecule has 0 saturated carbocycles. The molecule has 168 valence electrons. The fourth-order valence-corrected chi connectivity index (χ4v) is 3.17. The van der Waals surface area contributed by atoms with Crippen LogP contribution >= 0.6 is 0 Å². The number of amides is 1. The van der Waals surface area contributed by atoms with Gasteiger partial charge in [-0.2, -0.15) is 10.2 Å². The Morgan fingerprint density at radius 2 is 1.79 bits per heavy atom. The summed E-state index contributed by atoms with van der Waals surface area (Å²) in [6.07, 6.45) is 3.02. The van der Waals surface area contributed by atoms with Crippen LogP contribution in [0.5, 0.6) is 5.75 Å². The summed E-state index contributed by atoms with van der Waals surface area (Å²) in [4.78, 5) is 25.4.